The van der Waals surface area contributed by atoms with Gasteiger partial charge >= 0.3 is 0 Å². The molecule has 1 amide bonds. The Morgan fingerprint density at radius 1 is 1.30 bits per heavy atom. The van der Waals surface area contributed by atoms with Gasteiger partial charge in [-0.3, -0.25) is 9.10 Å². The Kier molecular flexibility index (Phi) is 5.87. The molecule has 128 valence electrons. The van der Waals surface area contributed by atoms with E-state index in [1.165, 1.54) is 18.2 Å². The smallest absolute Gasteiger partial charge is 0.260 e. The van der Waals surface area contributed by atoms with Crippen LogP contribution in [-0.2, 0) is 14.8 Å². The molecule has 1 rings (SSSR count). The minimum absolute atomic E-state index is 0.179. The van der Waals surface area contributed by atoms with Crippen LogP contribution in [0.15, 0.2) is 29.4 Å². The number of nitrogens with one attached hydrogen (secondary N) is 1. The van der Waals surface area contributed by atoms with Crippen LogP contribution in [0, 0.1) is 11.2 Å². The number of sulfonamides is 1. The topological polar surface area (TPSA) is 78.8 Å². The van der Waals surface area contributed by atoms with E-state index in [4.69, 9.17) is 0 Å². The maximum absolute atomic E-state index is 13.8. The van der Waals surface area contributed by atoms with Crippen LogP contribution in [0.25, 0.3) is 0 Å². The van der Waals surface area contributed by atoms with Gasteiger partial charge in [-0.25, -0.2) is 18.2 Å². The summed E-state index contributed by atoms with van der Waals surface area (Å²) in [7, 11) is -3.82. The van der Waals surface area contributed by atoms with E-state index in [1.807, 2.05) is 20.8 Å². The van der Waals surface area contributed by atoms with Gasteiger partial charge in [-0.2, -0.15) is 5.10 Å². The van der Waals surface area contributed by atoms with E-state index in [2.05, 4.69) is 10.5 Å². The number of carbonyl (C=O) groups is 1. The Labute approximate surface area is 136 Å². The van der Waals surface area contributed by atoms with Crippen molar-refractivity contribution in [1.82, 2.24) is 5.43 Å². The van der Waals surface area contributed by atoms with E-state index < -0.39 is 28.3 Å². The van der Waals surface area contributed by atoms with Crippen LogP contribution in [-0.4, -0.2) is 32.8 Å². The van der Waals surface area contributed by atoms with Crippen molar-refractivity contribution in [2.45, 2.75) is 27.7 Å². The minimum Gasteiger partial charge on any atom is -0.271 e. The molecule has 0 bridgehead atoms. The molecule has 1 aromatic carbocycles. The maximum Gasteiger partial charge on any atom is 0.260 e. The molecule has 0 fully saturated rings. The fourth-order valence-electron chi connectivity index (χ4n) is 1.51. The van der Waals surface area contributed by atoms with Crippen LogP contribution in [0.1, 0.15) is 27.7 Å². The summed E-state index contributed by atoms with van der Waals surface area (Å²) in [6.07, 6.45) is 0.913. The number of halogens is 1. The fourth-order valence-corrected chi connectivity index (χ4v) is 2.37. The molecule has 0 aliphatic rings. The van der Waals surface area contributed by atoms with Crippen LogP contribution in [0.4, 0.5) is 10.1 Å². The highest BCUT2D eigenvalue weighted by atomic mass is 32.2. The molecule has 1 N–H and O–H groups in total. The van der Waals surface area contributed by atoms with E-state index >= 15 is 0 Å². The molecule has 8 heteroatoms. The molecule has 0 spiro atoms. The summed E-state index contributed by atoms with van der Waals surface area (Å²) in [5.74, 6) is -1.37. The lowest BCUT2D eigenvalue weighted by Gasteiger charge is -2.22. The van der Waals surface area contributed by atoms with E-state index in [1.54, 1.807) is 6.92 Å². The number of benzene rings is 1. The van der Waals surface area contributed by atoms with E-state index in [0.29, 0.717) is 10.0 Å². The van der Waals surface area contributed by atoms with Crippen molar-refractivity contribution in [3.05, 3.63) is 30.1 Å². The SMILES string of the molecule is C/C(=N/NC(=O)CN(c1ccccc1F)S(C)(=O)=O)C(C)(C)C. The van der Waals surface area contributed by atoms with Gasteiger partial charge in [0.2, 0.25) is 10.0 Å². The van der Waals surface area contributed by atoms with E-state index in [-0.39, 0.29) is 11.1 Å². The first-order valence-corrected chi connectivity index (χ1v) is 8.83. The predicted molar refractivity (Wildman–Crippen MR) is 89.3 cm³/mol. The quantitative estimate of drug-likeness (QED) is 0.657. The second-order valence-corrected chi connectivity index (χ2v) is 8.11. The largest absolute Gasteiger partial charge is 0.271 e. The molecule has 0 aliphatic carbocycles. The van der Waals surface area contributed by atoms with Crippen molar-refractivity contribution in [2.75, 3.05) is 17.1 Å². The number of anilines is 1. The summed E-state index contributed by atoms with van der Waals surface area (Å²) in [4.78, 5) is 12.0. The molecule has 0 atom stereocenters. The number of rotatable bonds is 5. The Hall–Kier alpha value is -1.96. The monoisotopic (exact) mass is 343 g/mol. The van der Waals surface area contributed by atoms with Gasteiger partial charge in [-0.05, 0) is 19.1 Å². The molecule has 0 aliphatic heterocycles. The molecule has 6 nitrogen and oxygen atoms in total. The van der Waals surface area contributed by atoms with Crippen molar-refractivity contribution < 1.29 is 17.6 Å². The van der Waals surface area contributed by atoms with Crippen molar-refractivity contribution in [3.63, 3.8) is 0 Å². The Bertz CT molecular complexity index is 709. The van der Waals surface area contributed by atoms with Crippen LogP contribution >= 0.6 is 0 Å². The summed E-state index contributed by atoms with van der Waals surface area (Å²) in [5, 5.41) is 3.95. The zero-order valence-electron chi connectivity index (χ0n) is 13.9. The highest BCUT2D eigenvalue weighted by Gasteiger charge is 2.23. The van der Waals surface area contributed by atoms with Gasteiger partial charge in [0.05, 0.1) is 11.9 Å². The van der Waals surface area contributed by atoms with E-state index in [9.17, 15) is 17.6 Å². The lowest BCUT2D eigenvalue weighted by molar-refractivity contribution is -0.119. The van der Waals surface area contributed by atoms with Gasteiger partial charge in [0.1, 0.15) is 12.4 Å². The molecule has 1 aromatic rings. The molecule has 0 heterocycles. The fraction of sp³-hybridized carbons (Fsp3) is 0.467. The first-order valence-electron chi connectivity index (χ1n) is 6.99. The highest BCUT2D eigenvalue weighted by molar-refractivity contribution is 7.92. The molecular weight excluding hydrogens is 321 g/mol. The molecular formula is C15H22FN3O3S. The standard InChI is InChI=1S/C15H22FN3O3S/c1-11(15(2,3)4)17-18-14(20)10-19(23(5,21)22)13-9-7-6-8-12(13)16/h6-9H,10H2,1-5H3,(H,18,20)/b17-11-. The molecule has 0 saturated carbocycles. The Morgan fingerprint density at radius 2 is 1.87 bits per heavy atom. The Morgan fingerprint density at radius 3 is 2.35 bits per heavy atom. The van der Waals surface area contributed by atoms with Gasteiger partial charge in [0, 0.05) is 11.1 Å². The summed E-state index contributed by atoms with van der Waals surface area (Å²) in [5.41, 5.74) is 2.58. The second kappa shape index (κ2) is 7.08. The average Bonchev–Trinajstić information content (AvgIpc) is 2.41. The number of hydrogen-bond donors (Lipinski definition) is 1. The molecule has 0 radical (unpaired) electrons. The third-order valence-corrected chi connectivity index (χ3v) is 4.37. The summed E-state index contributed by atoms with van der Waals surface area (Å²) >= 11 is 0. The summed E-state index contributed by atoms with van der Waals surface area (Å²) < 4.78 is 38.3. The summed E-state index contributed by atoms with van der Waals surface area (Å²) in [6, 6.07) is 5.37. The van der Waals surface area contributed by atoms with E-state index in [0.717, 1.165) is 12.3 Å². The number of hydrogen-bond acceptors (Lipinski definition) is 4. The number of hydrazone groups is 1. The van der Waals surface area contributed by atoms with Crippen LogP contribution < -0.4 is 9.73 Å². The zero-order chi connectivity index (χ0) is 17.8. The van der Waals surface area contributed by atoms with Crippen molar-refractivity contribution >= 4 is 27.3 Å². The van der Waals surface area contributed by atoms with Crippen molar-refractivity contribution in [3.8, 4) is 0 Å². The molecule has 0 aromatic heterocycles. The van der Waals surface area contributed by atoms with Crippen LogP contribution in [0.5, 0.6) is 0 Å². The lowest BCUT2D eigenvalue weighted by Crippen LogP contribution is -2.40. The maximum atomic E-state index is 13.8. The van der Waals surface area contributed by atoms with Gasteiger partial charge in [0.25, 0.3) is 5.91 Å². The van der Waals surface area contributed by atoms with Gasteiger partial charge in [-0.1, -0.05) is 32.9 Å². The zero-order valence-corrected chi connectivity index (χ0v) is 14.7. The summed E-state index contributed by atoms with van der Waals surface area (Å²) in [6.45, 7) is 6.99. The molecule has 23 heavy (non-hydrogen) atoms. The second-order valence-electron chi connectivity index (χ2n) is 6.20. The van der Waals surface area contributed by atoms with Crippen molar-refractivity contribution in [2.24, 2.45) is 10.5 Å². The first kappa shape index (κ1) is 19.1. The minimum atomic E-state index is -3.82. The highest BCUT2D eigenvalue weighted by Crippen LogP contribution is 2.21. The number of nitrogens with zero attached hydrogens (tertiary/aromatic N) is 2. The lowest BCUT2D eigenvalue weighted by atomic mass is 9.91. The van der Waals surface area contributed by atoms with Crippen LogP contribution in [0.3, 0.4) is 0 Å². The van der Waals surface area contributed by atoms with Gasteiger partial charge < -0.3 is 0 Å². The predicted octanol–water partition coefficient (Wildman–Crippen LogP) is 2.13. The average molecular weight is 343 g/mol. The molecule has 0 saturated heterocycles. The van der Waals surface area contributed by atoms with Gasteiger partial charge in [0.15, 0.2) is 0 Å². The number of para-hydroxylation sites is 1. The van der Waals surface area contributed by atoms with Crippen LogP contribution in [0.2, 0.25) is 0 Å². The molecule has 0 unspecified atom stereocenters. The van der Waals surface area contributed by atoms with Gasteiger partial charge in [-0.15, -0.1) is 0 Å². The normalized spacial score (nSPS) is 12.9. The third-order valence-electron chi connectivity index (χ3n) is 3.24. The third kappa shape index (κ3) is 5.63. The Balaban J connectivity index is 2.97. The van der Waals surface area contributed by atoms with Crippen molar-refractivity contribution in [1.29, 1.82) is 0 Å². The number of amides is 1. The first-order chi connectivity index (χ1) is 10.4. The number of carbonyl (C=O) groups excluding carboxylic acids is 1.